The van der Waals surface area contributed by atoms with Crippen molar-refractivity contribution in [1.29, 1.82) is 0 Å². The highest BCUT2D eigenvalue weighted by molar-refractivity contribution is 7.91. The Morgan fingerprint density at radius 3 is 2.33 bits per heavy atom. The molecule has 0 fully saturated rings. The molecule has 3 nitrogen and oxygen atoms in total. The molecule has 1 rings (SSSR count). The lowest BCUT2D eigenvalue weighted by Crippen LogP contribution is -2.12. The minimum Gasteiger partial charge on any atom is -0.393 e. The van der Waals surface area contributed by atoms with Crippen LogP contribution in [0.4, 0.5) is 4.39 Å². The first-order valence-electron chi connectivity index (χ1n) is 4.58. The first-order chi connectivity index (χ1) is 6.92. The third-order valence-electron chi connectivity index (χ3n) is 1.98. The second-order valence-electron chi connectivity index (χ2n) is 3.41. The number of sulfone groups is 1. The summed E-state index contributed by atoms with van der Waals surface area (Å²) in [4.78, 5) is 0.0875. The molecular formula is C10H13FO3S. The molecule has 1 N–H and O–H groups in total. The van der Waals surface area contributed by atoms with Crippen molar-refractivity contribution in [3.8, 4) is 0 Å². The number of hydrogen-bond donors (Lipinski definition) is 1. The highest BCUT2D eigenvalue weighted by Crippen LogP contribution is 2.13. The largest absolute Gasteiger partial charge is 0.393 e. The van der Waals surface area contributed by atoms with E-state index >= 15 is 0 Å². The number of aliphatic hydroxyl groups excluding tert-OH is 1. The Bertz CT molecular complexity index is 409. The molecule has 1 atom stereocenters. The fourth-order valence-electron chi connectivity index (χ4n) is 1.09. The van der Waals surface area contributed by atoms with Gasteiger partial charge in [-0.1, -0.05) is 0 Å². The Kier molecular flexibility index (Phi) is 3.82. The Morgan fingerprint density at radius 2 is 1.87 bits per heavy atom. The molecule has 0 aliphatic carbocycles. The fourth-order valence-corrected chi connectivity index (χ4v) is 2.52. The summed E-state index contributed by atoms with van der Waals surface area (Å²) in [6.45, 7) is 1.53. The SMILES string of the molecule is CC(O)CCS(=O)(=O)c1ccc(F)cc1. The van der Waals surface area contributed by atoms with Gasteiger partial charge >= 0.3 is 0 Å². The van der Waals surface area contributed by atoms with E-state index in [1.807, 2.05) is 0 Å². The molecule has 0 radical (unpaired) electrons. The van der Waals surface area contributed by atoms with Crippen molar-refractivity contribution in [3.05, 3.63) is 30.1 Å². The summed E-state index contributed by atoms with van der Waals surface area (Å²) in [5.41, 5.74) is 0. The van der Waals surface area contributed by atoms with Crippen molar-refractivity contribution >= 4 is 9.84 Å². The molecule has 0 saturated heterocycles. The van der Waals surface area contributed by atoms with Gasteiger partial charge in [-0.25, -0.2) is 12.8 Å². The van der Waals surface area contributed by atoms with Crippen LogP contribution in [0, 0.1) is 5.82 Å². The van der Waals surface area contributed by atoms with Crippen LogP contribution in [0.15, 0.2) is 29.2 Å². The van der Waals surface area contributed by atoms with Gasteiger partial charge in [-0.15, -0.1) is 0 Å². The van der Waals surface area contributed by atoms with Gasteiger partial charge < -0.3 is 5.11 Å². The molecule has 0 bridgehead atoms. The van der Waals surface area contributed by atoms with Gasteiger partial charge in [0.1, 0.15) is 5.82 Å². The monoisotopic (exact) mass is 232 g/mol. The maximum atomic E-state index is 12.6. The molecule has 1 aromatic carbocycles. The van der Waals surface area contributed by atoms with Crippen molar-refractivity contribution in [2.45, 2.75) is 24.3 Å². The first-order valence-corrected chi connectivity index (χ1v) is 6.23. The van der Waals surface area contributed by atoms with Crippen LogP contribution in [0.3, 0.4) is 0 Å². The normalized spacial score (nSPS) is 13.8. The van der Waals surface area contributed by atoms with Gasteiger partial charge in [-0.3, -0.25) is 0 Å². The van der Waals surface area contributed by atoms with Gasteiger partial charge in [-0.2, -0.15) is 0 Å². The minimum absolute atomic E-state index is 0.0875. The fraction of sp³-hybridized carbons (Fsp3) is 0.400. The van der Waals surface area contributed by atoms with Crippen LogP contribution in [0.25, 0.3) is 0 Å². The molecule has 5 heteroatoms. The summed E-state index contributed by atoms with van der Waals surface area (Å²) < 4.78 is 35.8. The lowest BCUT2D eigenvalue weighted by atomic mass is 10.3. The van der Waals surface area contributed by atoms with E-state index < -0.39 is 21.8 Å². The lowest BCUT2D eigenvalue weighted by Gasteiger charge is -2.05. The molecule has 15 heavy (non-hydrogen) atoms. The average molecular weight is 232 g/mol. The Balaban J connectivity index is 2.82. The zero-order valence-corrected chi connectivity index (χ0v) is 9.17. The standard InChI is InChI=1S/C10H13FO3S/c1-8(12)6-7-15(13,14)10-4-2-9(11)3-5-10/h2-5,8,12H,6-7H2,1H3. The van der Waals surface area contributed by atoms with Crippen LogP contribution in [-0.2, 0) is 9.84 Å². The summed E-state index contributed by atoms with van der Waals surface area (Å²) in [7, 11) is -3.40. The van der Waals surface area contributed by atoms with Crippen LogP contribution in [0.5, 0.6) is 0 Å². The van der Waals surface area contributed by atoms with E-state index in [0.717, 1.165) is 12.1 Å². The summed E-state index contributed by atoms with van der Waals surface area (Å²) in [5, 5.41) is 8.98. The van der Waals surface area contributed by atoms with Crippen LogP contribution < -0.4 is 0 Å². The average Bonchev–Trinajstić information content (AvgIpc) is 2.16. The molecule has 0 spiro atoms. The molecule has 1 unspecified atom stereocenters. The van der Waals surface area contributed by atoms with Crippen molar-refractivity contribution in [2.24, 2.45) is 0 Å². The molecule has 84 valence electrons. The Labute approximate surface area is 88.5 Å². The van der Waals surface area contributed by atoms with E-state index in [0.29, 0.717) is 0 Å². The predicted octanol–water partition coefficient (Wildman–Crippen LogP) is 1.37. The quantitative estimate of drug-likeness (QED) is 0.798. The maximum absolute atomic E-state index is 12.6. The number of aliphatic hydroxyl groups is 1. The topological polar surface area (TPSA) is 54.4 Å². The molecule has 0 aliphatic heterocycles. The van der Waals surface area contributed by atoms with Gasteiger partial charge in [0.2, 0.25) is 0 Å². The third kappa shape index (κ3) is 3.60. The van der Waals surface area contributed by atoms with Crippen LogP contribution >= 0.6 is 0 Å². The summed E-state index contributed by atoms with van der Waals surface area (Å²) in [6.07, 6.45) is -0.472. The van der Waals surface area contributed by atoms with E-state index in [9.17, 15) is 12.8 Å². The van der Waals surface area contributed by atoms with Crippen LogP contribution in [0.1, 0.15) is 13.3 Å². The summed E-state index contributed by atoms with van der Waals surface area (Å²) in [5.74, 6) is -0.597. The van der Waals surface area contributed by atoms with E-state index in [2.05, 4.69) is 0 Å². The molecule has 1 aromatic rings. The van der Waals surface area contributed by atoms with Crippen molar-refractivity contribution < 1.29 is 17.9 Å². The predicted molar refractivity (Wildman–Crippen MR) is 54.8 cm³/mol. The number of hydrogen-bond acceptors (Lipinski definition) is 3. The molecule has 0 aromatic heterocycles. The Morgan fingerprint density at radius 1 is 1.33 bits per heavy atom. The van der Waals surface area contributed by atoms with E-state index in [4.69, 9.17) is 5.11 Å². The first kappa shape index (κ1) is 12.1. The highest BCUT2D eigenvalue weighted by atomic mass is 32.2. The van der Waals surface area contributed by atoms with Gasteiger partial charge in [-0.05, 0) is 37.6 Å². The van der Waals surface area contributed by atoms with E-state index in [1.54, 1.807) is 0 Å². The smallest absolute Gasteiger partial charge is 0.178 e. The highest BCUT2D eigenvalue weighted by Gasteiger charge is 2.14. The molecule has 0 saturated carbocycles. The number of halogens is 1. The number of rotatable bonds is 4. The zero-order chi connectivity index (χ0) is 11.5. The van der Waals surface area contributed by atoms with Crippen LogP contribution in [0.2, 0.25) is 0 Å². The van der Waals surface area contributed by atoms with Crippen molar-refractivity contribution in [1.82, 2.24) is 0 Å². The zero-order valence-electron chi connectivity index (χ0n) is 8.35. The van der Waals surface area contributed by atoms with Gasteiger partial charge in [0, 0.05) is 0 Å². The molecular weight excluding hydrogens is 219 g/mol. The summed E-state index contributed by atoms with van der Waals surface area (Å²) >= 11 is 0. The Hall–Kier alpha value is -0.940. The van der Waals surface area contributed by atoms with E-state index in [-0.39, 0.29) is 17.1 Å². The molecule has 0 aliphatic rings. The van der Waals surface area contributed by atoms with E-state index in [1.165, 1.54) is 19.1 Å². The van der Waals surface area contributed by atoms with Gasteiger partial charge in [0.15, 0.2) is 9.84 Å². The maximum Gasteiger partial charge on any atom is 0.178 e. The summed E-state index contributed by atoms with van der Waals surface area (Å²) in [6, 6.07) is 4.67. The third-order valence-corrected chi connectivity index (χ3v) is 3.74. The van der Waals surface area contributed by atoms with Crippen LogP contribution in [-0.4, -0.2) is 25.4 Å². The lowest BCUT2D eigenvalue weighted by molar-refractivity contribution is 0.191. The second kappa shape index (κ2) is 4.72. The second-order valence-corrected chi connectivity index (χ2v) is 5.52. The number of benzene rings is 1. The van der Waals surface area contributed by atoms with Gasteiger partial charge in [0.05, 0.1) is 16.8 Å². The molecule has 0 heterocycles. The minimum atomic E-state index is -3.40. The van der Waals surface area contributed by atoms with Crippen molar-refractivity contribution in [3.63, 3.8) is 0 Å². The molecule has 0 amide bonds. The van der Waals surface area contributed by atoms with Gasteiger partial charge in [0.25, 0.3) is 0 Å². The van der Waals surface area contributed by atoms with Crippen molar-refractivity contribution in [2.75, 3.05) is 5.75 Å².